The van der Waals surface area contributed by atoms with E-state index < -0.39 is 20.1 Å². The predicted octanol–water partition coefficient (Wildman–Crippen LogP) is -6.73. The minimum atomic E-state index is -5.69. The van der Waals surface area contributed by atoms with Crippen LogP contribution >= 0.6 is 9.24 Å². The number of nitriles is 1. The van der Waals surface area contributed by atoms with E-state index in [2.05, 4.69) is 9.24 Å². The standard InChI is InChI=1S/C2H4NP.HIO4/c3-1-2-4;2-1(3,4)5/h2,4H2;2H. The fourth-order valence-electron chi connectivity index (χ4n) is 0. The van der Waals surface area contributed by atoms with Gasteiger partial charge in [-0.2, -0.15) is 5.26 Å². The average molecular weight is 265 g/mol. The fraction of sp³-hybridized carbons (Fsp3) is 0.500. The van der Waals surface area contributed by atoms with Gasteiger partial charge in [0, 0.05) is 9.60 Å². The Bertz CT molecular complexity index is 89.7. The number of hydrogen-bond donors (Lipinski definition) is 1. The van der Waals surface area contributed by atoms with E-state index in [-0.39, 0.29) is 0 Å². The Kier molecular flexibility index (Phi) is 8.95. The van der Waals surface area contributed by atoms with Crippen molar-refractivity contribution >= 4 is 9.24 Å². The lowest BCUT2D eigenvalue weighted by molar-refractivity contribution is -1.92. The largest absolute Gasteiger partial charge is 0.368 e. The molecule has 7 heteroatoms. The normalized spacial score (nSPS) is 8.89. The molecule has 0 aromatic carbocycles. The molecule has 0 saturated heterocycles. The maximum atomic E-state index is 8.73. The van der Waals surface area contributed by atoms with Crippen LogP contribution in [0.4, 0.5) is 0 Å². The molecular formula is C2H5INO4P. The molecule has 0 amide bonds. The minimum absolute atomic E-state index is 0.542. The van der Waals surface area contributed by atoms with Gasteiger partial charge in [0.25, 0.3) is 0 Å². The predicted molar refractivity (Wildman–Crippen MR) is 22.4 cm³/mol. The van der Waals surface area contributed by atoms with Crippen LogP contribution in [-0.2, 0) is 0 Å². The van der Waals surface area contributed by atoms with E-state index in [1.165, 1.54) is 0 Å². The third kappa shape index (κ3) is 161. The SMILES string of the molecule is N#CCP.[O-][I+3]([O-])([O-])O. The second-order valence-corrected chi connectivity index (χ2v) is 3.43. The number of halogens is 1. The molecule has 1 atom stereocenters. The molecule has 54 valence electrons. The summed E-state index contributed by atoms with van der Waals surface area (Å²) in [6.07, 6.45) is 0.542. The Morgan fingerprint density at radius 1 is 1.56 bits per heavy atom. The number of hydrogen-bond acceptors (Lipinski definition) is 5. The van der Waals surface area contributed by atoms with Crippen molar-refractivity contribution in [1.82, 2.24) is 0 Å². The summed E-state index contributed by atoms with van der Waals surface area (Å²) in [6, 6.07) is 1.89. The molecule has 0 aliphatic carbocycles. The van der Waals surface area contributed by atoms with Crippen molar-refractivity contribution in [2.45, 2.75) is 0 Å². The first kappa shape index (κ1) is 12.2. The van der Waals surface area contributed by atoms with Gasteiger partial charge in [0.2, 0.25) is 0 Å². The summed E-state index contributed by atoms with van der Waals surface area (Å²) in [6.45, 7) is 0. The zero-order valence-corrected chi connectivity index (χ0v) is 7.59. The third-order valence-electron chi connectivity index (χ3n) is 0.0913. The zero-order valence-electron chi connectivity index (χ0n) is 4.28. The summed E-state index contributed by atoms with van der Waals surface area (Å²) in [4.78, 5) is 0. The van der Waals surface area contributed by atoms with Crippen LogP contribution in [0.25, 0.3) is 0 Å². The molecular weight excluding hydrogens is 260 g/mol. The molecule has 1 N–H and O–H groups in total. The van der Waals surface area contributed by atoms with Gasteiger partial charge in [-0.15, -0.1) is 9.24 Å². The van der Waals surface area contributed by atoms with Gasteiger partial charge < -0.3 is 0 Å². The molecule has 0 aromatic heterocycles. The lowest BCUT2D eigenvalue weighted by atomic mass is 10.9. The molecule has 0 fully saturated rings. The topological polar surface area (TPSA) is 113 Å². The van der Waals surface area contributed by atoms with Crippen LogP contribution < -0.4 is 30.4 Å². The Morgan fingerprint density at radius 2 is 1.67 bits per heavy atom. The van der Waals surface area contributed by atoms with Gasteiger partial charge >= 0.3 is 20.1 Å². The van der Waals surface area contributed by atoms with Gasteiger partial charge in [0.05, 0.1) is 6.07 Å². The molecule has 0 rings (SSSR count). The van der Waals surface area contributed by atoms with Crippen LogP contribution in [0.1, 0.15) is 0 Å². The van der Waals surface area contributed by atoms with Crippen molar-refractivity contribution in [1.29, 1.82) is 5.26 Å². The molecule has 1 unspecified atom stereocenters. The molecule has 0 bridgehead atoms. The smallest absolute Gasteiger partial charge is 0.256 e. The van der Waals surface area contributed by atoms with Gasteiger partial charge in [0.1, 0.15) is 0 Å². The molecule has 0 saturated carbocycles. The molecule has 0 spiro atoms. The van der Waals surface area contributed by atoms with Gasteiger partial charge in [-0.1, -0.05) is 0 Å². The molecule has 0 radical (unpaired) electrons. The maximum Gasteiger partial charge on any atom is 0.368 e. The number of rotatable bonds is 0. The Hall–Kier alpha value is 0.490. The van der Waals surface area contributed by atoms with Crippen LogP contribution in [0.5, 0.6) is 0 Å². The van der Waals surface area contributed by atoms with Gasteiger partial charge in [-0.3, -0.25) is 10.3 Å². The highest BCUT2D eigenvalue weighted by atomic mass is 127. The van der Waals surface area contributed by atoms with Crippen LogP contribution in [0.2, 0.25) is 0 Å². The second kappa shape index (κ2) is 6.61. The highest BCUT2D eigenvalue weighted by Crippen LogP contribution is 1.69. The average Bonchev–Trinajstić information content (AvgIpc) is 1.61. The van der Waals surface area contributed by atoms with E-state index >= 15 is 0 Å². The Balaban J connectivity index is 0. The molecule has 0 aromatic rings. The van der Waals surface area contributed by atoms with Crippen LogP contribution in [0.3, 0.4) is 0 Å². The Morgan fingerprint density at radius 3 is 1.67 bits per heavy atom. The van der Waals surface area contributed by atoms with Crippen molar-refractivity contribution in [2.75, 3.05) is 6.16 Å². The van der Waals surface area contributed by atoms with E-state index in [0.717, 1.165) is 0 Å². The molecule has 0 aliphatic heterocycles. The van der Waals surface area contributed by atoms with Crippen LogP contribution in [0, 0.1) is 11.3 Å². The van der Waals surface area contributed by atoms with E-state index in [0.29, 0.717) is 6.16 Å². The highest BCUT2D eigenvalue weighted by molar-refractivity contribution is 7.16. The van der Waals surface area contributed by atoms with Crippen LogP contribution in [0.15, 0.2) is 0 Å². The van der Waals surface area contributed by atoms with E-state index in [9.17, 15) is 0 Å². The van der Waals surface area contributed by atoms with Crippen molar-refractivity contribution < 1.29 is 33.8 Å². The first-order valence-corrected chi connectivity index (χ1v) is 6.04. The quantitative estimate of drug-likeness (QED) is 0.345. The summed E-state index contributed by atoms with van der Waals surface area (Å²) in [5, 5.41) is 7.60. The first-order chi connectivity index (χ1) is 3.91. The minimum Gasteiger partial charge on any atom is -0.256 e. The highest BCUT2D eigenvalue weighted by Gasteiger charge is 2.11. The van der Waals surface area contributed by atoms with Gasteiger partial charge in [0.15, 0.2) is 0 Å². The van der Waals surface area contributed by atoms with E-state index in [1.807, 2.05) is 6.07 Å². The van der Waals surface area contributed by atoms with E-state index in [1.54, 1.807) is 0 Å². The first-order valence-electron chi connectivity index (χ1n) is 1.62. The number of nitrogens with zero attached hydrogens (tertiary/aromatic N) is 1. The van der Waals surface area contributed by atoms with Crippen molar-refractivity contribution in [3.05, 3.63) is 0 Å². The third-order valence-corrected chi connectivity index (χ3v) is 0.274. The second-order valence-electron chi connectivity index (χ2n) is 0.758. The Labute approximate surface area is 60.8 Å². The summed E-state index contributed by atoms with van der Waals surface area (Å²) in [5.74, 6) is 0. The van der Waals surface area contributed by atoms with Crippen molar-refractivity contribution in [3.63, 3.8) is 0 Å². The summed E-state index contributed by atoms with van der Waals surface area (Å²) < 4.78 is 33.2. The van der Waals surface area contributed by atoms with Gasteiger partial charge in [-0.25, -0.2) is 0 Å². The van der Waals surface area contributed by atoms with Crippen LogP contribution in [-0.4, -0.2) is 9.60 Å². The lowest BCUT2D eigenvalue weighted by Crippen LogP contribution is -4.23. The van der Waals surface area contributed by atoms with E-state index in [4.69, 9.17) is 19.0 Å². The molecule has 0 heterocycles. The molecule has 9 heavy (non-hydrogen) atoms. The fourth-order valence-corrected chi connectivity index (χ4v) is 0. The monoisotopic (exact) mass is 265 g/mol. The lowest BCUT2D eigenvalue weighted by Gasteiger charge is -1.93. The summed E-state index contributed by atoms with van der Waals surface area (Å²) in [7, 11) is 2.29. The zero-order chi connectivity index (χ0) is 7.91. The molecule has 0 aliphatic rings. The van der Waals surface area contributed by atoms with Crippen molar-refractivity contribution in [3.8, 4) is 6.07 Å². The maximum absolute atomic E-state index is 8.73. The van der Waals surface area contributed by atoms with Crippen molar-refractivity contribution in [2.24, 2.45) is 0 Å². The summed E-state index contributed by atoms with van der Waals surface area (Å²) >= 11 is -5.69. The molecule has 5 nitrogen and oxygen atoms in total. The summed E-state index contributed by atoms with van der Waals surface area (Å²) in [5.41, 5.74) is 0. The van der Waals surface area contributed by atoms with Gasteiger partial charge in [-0.05, 0) is 0 Å².